The van der Waals surface area contributed by atoms with E-state index in [2.05, 4.69) is 23.1 Å². The summed E-state index contributed by atoms with van der Waals surface area (Å²) in [5.74, 6) is 0.389. The molecular formula is C19H26N4O3Si. The molecule has 0 amide bonds. The maximum atomic E-state index is 12.4. The van der Waals surface area contributed by atoms with Crippen LogP contribution in [0, 0.1) is 6.92 Å². The van der Waals surface area contributed by atoms with Crippen LogP contribution in [0.2, 0.25) is 19.1 Å². The van der Waals surface area contributed by atoms with Gasteiger partial charge in [0.15, 0.2) is 0 Å². The maximum Gasteiger partial charge on any atom is 0.355 e. The highest BCUT2D eigenvalue weighted by molar-refractivity contribution is 6.55. The van der Waals surface area contributed by atoms with Crippen molar-refractivity contribution in [2.24, 2.45) is 0 Å². The second-order valence-corrected chi connectivity index (χ2v) is 10.3. The molecule has 0 aliphatic carbocycles. The molecular weight excluding hydrogens is 360 g/mol. The Morgan fingerprint density at radius 2 is 2.11 bits per heavy atom. The summed E-state index contributed by atoms with van der Waals surface area (Å²) in [6, 6.07) is 6.74. The van der Waals surface area contributed by atoms with E-state index < -0.39 is 8.80 Å². The molecule has 0 N–H and O–H groups in total. The fraction of sp³-hybridized carbons (Fsp3) is 0.421. The van der Waals surface area contributed by atoms with Gasteiger partial charge in [0.05, 0.1) is 23.3 Å². The highest BCUT2D eigenvalue weighted by atomic mass is 28.3. The fourth-order valence-electron chi connectivity index (χ4n) is 2.81. The standard InChI is InChI=1S/C19H26N4O3Si/c1-5-26-19(24)17-10-15-16(23(17)13-25-8-9-27(3)4)6-7-18(21-15)22-11-14(2)20-12-22/h6-7,10-12,27H,5,8-9,13H2,1-4H3. The molecule has 27 heavy (non-hydrogen) atoms. The molecule has 0 aliphatic heterocycles. The number of carbonyl (C=O) groups is 1. The molecule has 0 aromatic carbocycles. The Morgan fingerprint density at radius 1 is 1.30 bits per heavy atom. The van der Waals surface area contributed by atoms with E-state index in [1.165, 1.54) is 0 Å². The third-order valence-corrected chi connectivity index (χ3v) is 5.65. The van der Waals surface area contributed by atoms with Gasteiger partial charge in [0.25, 0.3) is 0 Å². The SMILES string of the molecule is CCOC(=O)c1cc2nc(-n3cnc(C)c3)ccc2n1COCC[SiH](C)C. The summed E-state index contributed by atoms with van der Waals surface area (Å²) < 4.78 is 14.7. The molecule has 3 aromatic rings. The van der Waals surface area contributed by atoms with E-state index in [0.29, 0.717) is 25.6 Å². The molecule has 0 saturated carbocycles. The number of imidazole rings is 1. The van der Waals surface area contributed by atoms with Crippen molar-refractivity contribution in [1.29, 1.82) is 0 Å². The van der Waals surface area contributed by atoms with Crippen LogP contribution in [-0.2, 0) is 16.2 Å². The number of pyridine rings is 1. The van der Waals surface area contributed by atoms with Gasteiger partial charge >= 0.3 is 5.97 Å². The van der Waals surface area contributed by atoms with Gasteiger partial charge in [-0.25, -0.2) is 14.8 Å². The molecule has 3 aromatic heterocycles. The predicted molar refractivity (Wildman–Crippen MR) is 107 cm³/mol. The Morgan fingerprint density at radius 3 is 2.78 bits per heavy atom. The van der Waals surface area contributed by atoms with Crippen LogP contribution in [0.5, 0.6) is 0 Å². The normalized spacial score (nSPS) is 11.4. The first-order chi connectivity index (χ1) is 13.0. The number of ether oxygens (including phenoxy) is 2. The van der Waals surface area contributed by atoms with Crippen molar-refractivity contribution in [3.8, 4) is 5.82 Å². The molecule has 0 saturated heterocycles. The Hall–Kier alpha value is -2.45. The van der Waals surface area contributed by atoms with Crippen molar-refractivity contribution in [2.45, 2.75) is 39.7 Å². The Bertz CT molecular complexity index is 932. The highest BCUT2D eigenvalue weighted by Crippen LogP contribution is 2.21. The van der Waals surface area contributed by atoms with Crippen molar-refractivity contribution in [3.05, 3.63) is 42.1 Å². The van der Waals surface area contributed by atoms with Crippen molar-refractivity contribution in [1.82, 2.24) is 19.1 Å². The number of aryl methyl sites for hydroxylation is 1. The minimum absolute atomic E-state index is 0.310. The molecule has 7 nitrogen and oxygen atoms in total. The molecule has 3 heterocycles. The van der Waals surface area contributed by atoms with Crippen LogP contribution in [0.1, 0.15) is 23.1 Å². The molecule has 0 spiro atoms. The van der Waals surface area contributed by atoms with E-state index in [4.69, 9.17) is 9.47 Å². The number of aromatic nitrogens is 4. The first-order valence-electron chi connectivity index (χ1n) is 9.25. The van der Waals surface area contributed by atoms with Crippen molar-refractivity contribution >= 4 is 25.8 Å². The first kappa shape index (κ1) is 19.3. The van der Waals surface area contributed by atoms with Crippen molar-refractivity contribution in [2.75, 3.05) is 13.2 Å². The van der Waals surface area contributed by atoms with Crippen LogP contribution in [0.4, 0.5) is 0 Å². The first-order valence-corrected chi connectivity index (χ1v) is 12.4. The molecule has 144 valence electrons. The van der Waals surface area contributed by atoms with Crippen LogP contribution < -0.4 is 0 Å². The van der Waals surface area contributed by atoms with Crippen LogP contribution in [0.25, 0.3) is 16.9 Å². The van der Waals surface area contributed by atoms with E-state index in [1.807, 2.05) is 34.4 Å². The highest BCUT2D eigenvalue weighted by Gasteiger charge is 2.18. The summed E-state index contributed by atoms with van der Waals surface area (Å²) in [6.07, 6.45) is 3.64. The van der Waals surface area contributed by atoms with E-state index in [0.717, 1.165) is 28.6 Å². The third-order valence-electron chi connectivity index (χ3n) is 4.26. The fourth-order valence-corrected chi connectivity index (χ4v) is 3.44. The second kappa shape index (κ2) is 8.49. The summed E-state index contributed by atoms with van der Waals surface area (Å²) in [7, 11) is -0.660. The Kier molecular flexibility index (Phi) is 6.07. The summed E-state index contributed by atoms with van der Waals surface area (Å²) in [6.45, 7) is 9.65. The number of hydrogen-bond acceptors (Lipinski definition) is 5. The number of carbonyl (C=O) groups excluding carboxylic acids is 1. The lowest BCUT2D eigenvalue weighted by Gasteiger charge is -2.11. The molecule has 3 rings (SSSR count). The summed E-state index contributed by atoms with van der Waals surface area (Å²) in [4.78, 5) is 21.3. The van der Waals surface area contributed by atoms with E-state index in [1.54, 1.807) is 19.3 Å². The Labute approximate surface area is 160 Å². The zero-order valence-electron chi connectivity index (χ0n) is 16.3. The van der Waals surface area contributed by atoms with Gasteiger partial charge in [-0.3, -0.25) is 4.57 Å². The molecule has 0 fully saturated rings. The molecule has 0 bridgehead atoms. The summed E-state index contributed by atoms with van der Waals surface area (Å²) in [5.41, 5.74) is 2.95. The van der Waals surface area contributed by atoms with Gasteiger partial charge in [-0.05, 0) is 38.1 Å². The summed E-state index contributed by atoms with van der Waals surface area (Å²) >= 11 is 0. The number of nitrogens with zero attached hydrogens (tertiary/aromatic N) is 4. The molecule has 0 radical (unpaired) electrons. The van der Waals surface area contributed by atoms with Gasteiger partial charge in [-0.2, -0.15) is 0 Å². The van der Waals surface area contributed by atoms with Crippen LogP contribution in [-0.4, -0.2) is 47.1 Å². The minimum Gasteiger partial charge on any atom is -0.461 e. The number of esters is 1. The maximum absolute atomic E-state index is 12.4. The van der Waals surface area contributed by atoms with Crippen LogP contribution in [0.3, 0.4) is 0 Å². The third kappa shape index (κ3) is 4.45. The minimum atomic E-state index is -0.660. The van der Waals surface area contributed by atoms with E-state index in [9.17, 15) is 4.79 Å². The van der Waals surface area contributed by atoms with Crippen LogP contribution in [0.15, 0.2) is 30.7 Å². The molecule has 0 atom stereocenters. The number of rotatable bonds is 8. The molecule has 0 aliphatic rings. The quantitative estimate of drug-likeness (QED) is 0.338. The lowest BCUT2D eigenvalue weighted by atomic mass is 10.3. The monoisotopic (exact) mass is 386 g/mol. The second-order valence-electron chi connectivity index (χ2n) is 6.89. The number of fused-ring (bicyclic) bond motifs is 1. The summed E-state index contributed by atoms with van der Waals surface area (Å²) in [5, 5.41) is 0. The van der Waals surface area contributed by atoms with Crippen LogP contribution >= 0.6 is 0 Å². The van der Waals surface area contributed by atoms with Gasteiger partial charge in [0.1, 0.15) is 24.6 Å². The lowest BCUT2D eigenvalue weighted by Crippen LogP contribution is -2.15. The van der Waals surface area contributed by atoms with Gasteiger partial charge in [0, 0.05) is 21.6 Å². The van der Waals surface area contributed by atoms with Gasteiger partial charge in [-0.1, -0.05) is 13.1 Å². The zero-order chi connectivity index (χ0) is 19.4. The smallest absolute Gasteiger partial charge is 0.355 e. The zero-order valence-corrected chi connectivity index (χ0v) is 17.5. The average Bonchev–Trinajstić information content (AvgIpc) is 3.22. The topological polar surface area (TPSA) is 71.2 Å². The van der Waals surface area contributed by atoms with Crippen molar-refractivity contribution in [3.63, 3.8) is 0 Å². The van der Waals surface area contributed by atoms with Gasteiger partial charge < -0.3 is 14.0 Å². The van der Waals surface area contributed by atoms with E-state index >= 15 is 0 Å². The van der Waals surface area contributed by atoms with Gasteiger partial charge in [-0.15, -0.1) is 0 Å². The largest absolute Gasteiger partial charge is 0.461 e. The number of hydrogen-bond donors (Lipinski definition) is 0. The molecule has 0 unspecified atom stereocenters. The van der Waals surface area contributed by atoms with E-state index in [-0.39, 0.29) is 5.97 Å². The average molecular weight is 387 g/mol. The predicted octanol–water partition coefficient (Wildman–Crippen LogP) is 3.17. The molecule has 8 heteroatoms. The van der Waals surface area contributed by atoms with Gasteiger partial charge in [0.2, 0.25) is 0 Å². The Balaban J connectivity index is 1.94. The van der Waals surface area contributed by atoms with Crippen molar-refractivity contribution < 1.29 is 14.3 Å². The lowest BCUT2D eigenvalue weighted by molar-refractivity contribution is 0.0478.